The Morgan fingerprint density at radius 1 is 0.960 bits per heavy atom. The summed E-state index contributed by atoms with van der Waals surface area (Å²) >= 11 is 1.68. The number of rotatable bonds is 3. The lowest BCUT2D eigenvalue weighted by Crippen LogP contribution is -2.54. The van der Waals surface area contributed by atoms with E-state index >= 15 is 0 Å². The molecule has 0 spiro atoms. The predicted molar refractivity (Wildman–Crippen MR) is 98.3 cm³/mol. The van der Waals surface area contributed by atoms with Gasteiger partial charge < -0.3 is 19.9 Å². The van der Waals surface area contributed by atoms with Gasteiger partial charge in [0.25, 0.3) is 0 Å². The van der Waals surface area contributed by atoms with Crippen LogP contribution in [-0.4, -0.2) is 30.3 Å². The molecular weight excluding hydrogens is 334 g/mol. The average molecular weight is 357 g/mol. The fraction of sp³-hybridized carbons (Fsp3) is 0.400. The minimum absolute atomic E-state index is 0.0242. The number of hydrogen-bond donors (Lipinski definition) is 1. The highest BCUT2D eigenvalue weighted by atomic mass is 32.2. The highest BCUT2D eigenvalue weighted by molar-refractivity contribution is 7.99. The maximum absolute atomic E-state index is 6.38. The van der Waals surface area contributed by atoms with Gasteiger partial charge in [-0.3, -0.25) is 0 Å². The smallest absolute Gasteiger partial charge is 0.184 e. The molecule has 2 unspecified atom stereocenters. The van der Waals surface area contributed by atoms with Gasteiger partial charge in [0, 0.05) is 16.5 Å². The molecule has 4 nitrogen and oxygen atoms in total. The van der Waals surface area contributed by atoms with E-state index in [9.17, 15) is 0 Å². The molecule has 2 aliphatic heterocycles. The topological polar surface area (TPSA) is 53.7 Å². The second kappa shape index (κ2) is 7.48. The third-order valence-electron chi connectivity index (χ3n) is 4.63. The largest absolute Gasteiger partial charge is 0.357 e. The Bertz CT molecular complexity index is 694. The van der Waals surface area contributed by atoms with E-state index in [2.05, 4.69) is 31.2 Å². The summed E-state index contributed by atoms with van der Waals surface area (Å²) in [6.07, 6.45) is 0.354. The molecule has 5 atom stereocenters. The Balaban J connectivity index is 1.40. The van der Waals surface area contributed by atoms with Crippen LogP contribution in [0.5, 0.6) is 0 Å². The molecule has 2 fully saturated rings. The summed E-state index contributed by atoms with van der Waals surface area (Å²) in [6.45, 7) is 2.61. The molecular formula is C20H23NO3S. The SMILES string of the molecule is Cc1ccc(SC2O[C@@H]3COC(c4ccccc4)O[C@H]3C[C@H]2N)cc1. The molecule has 0 amide bonds. The summed E-state index contributed by atoms with van der Waals surface area (Å²) in [5.74, 6) is 0. The molecule has 2 N–H and O–H groups in total. The highest BCUT2D eigenvalue weighted by Gasteiger charge is 2.42. The van der Waals surface area contributed by atoms with Crippen molar-refractivity contribution in [1.29, 1.82) is 0 Å². The van der Waals surface area contributed by atoms with E-state index in [0.717, 1.165) is 12.0 Å². The molecule has 0 aliphatic carbocycles. The molecule has 25 heavy (non-hydrogen) atoms. The maximum atomic E-state index is 6.38. The van der Waals surface area contributed by atoms with Crippen LogP contribution < -0.4 is 5.73 Å². The maximum Gasteiger partial charge on any atom is 0.184 e. The van der Waals surface area contributed by atoms with Crippen LogP contribution >= 0.6 is 11.8 Å². The first-order chi connectivity index (χ1) is 12.2. The van der Waals surface area contributed by atoms with E-state index in [1.807, 2.05) is 30.3 Å². The van der Waals surface area contributed by atoms with Crippen LogP contribution in [0.3, 0.4) is 0 Å². The molecule has 2 aromatic carbocycles. The van der Waals surface area contributed by atoms with E-state index in [4.69, 9.17) is 19.9 Å². The summed E-state index contributed by atoms with van der Waals surface area (Å²) in [7, 11) is 0. The molecule has 0 saturated carbocycles. The molecule has 2 aliphatic rings. The van der Waals surface area contributed by atoms with Crippen LogP contribution in [0.15, 0.2) is 59.5 Å². The second-order valence-corrected chi connectivity index (χ2v) is 7.80. The lowest BCUT2D eigenvalue weighted by Gasteiger charge is -2.44. The lowest BCUT2D eigenvalue weighted by molar-refractivity contribution is -0.282. The van der Waals surface area contributed by atoms with Gasteiger partial charge in [-0.15, -0.1) is 0 Å². The first-order valence-electron chi connectivity index (χ1n) is 8.65. The standard InChI is InChI=1S/C20H23NO3S/c1-13-7-9-15(10-8-13)25-20-16(21)11-17-18(24-20)12-22-19(23-17)14-5-3-2-4-6-14/h2-10,16-20H,11-12,21H2,1H3/t16-,17+,18-,19?,20?/m1/s1. The number of fused-ring (bicyclic) bond motifs is 1. The van der Waals surface area contributed by atoms with Gasteiger partial charge in [0.15, 0.2) is 6.29 Å². The van der Waals surface area contributed by atoms with Crippen molar-refractivity contribution in [2.24, 2.45) is 5.73 Å². The fourth-order valence-electron chi connectivity index (χ4n) is 3.21. The van der Waals surface area contributed by atoms with Crippen LogP contribution in [0, 0.1) is 6.92 Å². The van der Waals surface area contributed by atoms with Gasteiger partial charge >= 0.3 is 0 Å². The van der Waals surface area contributed by atoms with Crippen molar-refractivity contribution in [1.82, 2.24) is 0 Å². The van der Waals surface area contributed by atoms with Crippen LogP contribution in [0.1, 0.15) is 23.8 Å². The monoisotopic (exact) mass is 357 g/mol. The van der Waals surface area contributed by atoms with Crippen molar-refractivity contribution < 1.29 is 14.2 Å². The summed E-state index contributed by atoms with van der Waals surface area (Å²) in [4.78, 5) is 1.17. The highest BCUT2D eigenvalue weighted by Crippen LogP contribution is 2.37. The lowest BCUT2D eigenvalue weighted by atomic mass is 10.0. The second-order valence-electron chi connectivity index (χ2n) is 6.62. The Morgan fingerprint density at radius 3 is 2.48 bits per heavy atom. The van der Waals surface area contributed by atoms with Gasteiger partial charge in [-0.05, 0) is 25.5 Å². The summed E-state index contributed by atoms with van der Waals surface area (Å²) in [5.41, 5.74) is 8.58. The number of aryl methyl sites for hydroxylation is 1. The molecule has 0 aromatic heterocycles. The third-order valence-corrected chi connectivity index (χ3v) is 5.87. The average Bonchev–Trinajstić information content (AvgIpc) is 2.64. The van der Waals surface area contributed by atoms with Crippen LogP contribution in [0.2, 0.25) is 0 Å². The molecule has 2 saturated heterocycles. The molecule has 2 heterocycles. The van der Waals surface area contributed by atoms with Crippen molar-refractivity contribution in [3.63, 3.8) is 0 Å². The van der Waals surface area contributed by atoms with Gasteiger partial charge in [-0.25, -0.2) is 0 Å². The van der Waals surface area contributed by atoms with Crippen LogP contribution in [-0.2, 0) is 14.2 Å². The summed E-state index contributed by atoms with van der Waals surface area (Å²) < 4.78 is 18.2. The van der Waals surface area contributed by atoms with Gasteiger partial charge in [0.05, 0.1) is 12.7 Å². The minimum Gasteiger partial charge on any atom is -0.357 e. The van der Waals surface area contributed by atoms with Crippen molar-refractivity contribution >= 4 is 11.8 Å². The van der Waals surface area contributed by atoms with Crippen LogP contribution in [0.25, 0.3) is 0 Å². The number of ether oxygens (including phenoxy) is 3. The van der Waals surface area contributed by atoms with Crippen molar-refractivity contribution in [3.05, 3.63) is 65.7 Å². The van der Waals surface area contributed by atoms with Gasteiger partial charge in [-0.1, -0.05) is 59.8 Å². The van der Waals surface area contributed by atoms with Crippen molar-refractivity contribution in [3.8, 4) is 0 Å². The third kappa shape index (κ3) is 3.91. The van der Waals surface area contributed by atoms with E-state index in [0.29, 0.717) is 6.61 Å². The molecule has 132 valence electrons. The molecule has 0 bridgehead atoms. The molecule has 2 aromatic rings. The quantitative estimate of drug-likeness (QED) is 0.909. The Morgan fingerprint density at radius 2 is 1.72 bits per heavy atom. The molecule has 4 rings (SSSR count). The summed E-state index contributed by atoms with van der Waals surface area (Å²) in [5, 5.41) is 0. The first kappa shape index (κ1) is 17.1. The fourth-order valence-corrected chi connectivity index (χ4v) is 4.26. The number of thioether (sulfide) groups is 1. The summed E-state index contributed by atoms with van der Waals surface area (Å²) in [6, 6.07) is 18.4. The molecule has 0 radical (unpaired) electrons. The zero-order valence-electron chi connectivity index (χ0n) is 14.2. The van der Waals surface area contributed by atoms with Gasteiger partial charge in [0.2, 0.25) is 0 Å². The Labute approximate surface area is 152 Å². The van der Waals surface area contributed by atoms with Crippen molar-refractivity contribution in [2.45, 2.75) is 48.2 Å². The zero-order valence-corrected chi connectivity index (χ0v) is 15.0. The van der Waals surface area contributed by atoms with E-state index in [-0.39, 0.29) is 30.0 Å². The predicted octanol–water partition coefficient (Wildman–Crippen LogP) is 3.64. The van der Waals surface area contributed by atoms with Gasteiger partial charge in [-0.2, -0.15) is 0 Å². The minimum atomic E-state index is -0.334. The zero-order chi connectivity index (χ0) is 17.2. The number of benzene rings is 2. The van der Waals surface area contributed by atoms with Gasteiger partial charge in [0.1, 0.15) is 11.5 Å². The van der Waals surface area contributed by atoms with E-state index in [1.54, 1.807) is 11.8 Å². The first-order valence-corrected chi connectivity index (χ1v) is 9.53. The normalized spacial score (nSPS) is 32.2. The molecule has 5 heteroatoms. The van der Waals surface area contributed by atoms with E-state index in [1.165, 1.54) is 10.5 Å². The Hall–Kier alpha value is -1.37. The Kier molecular flexibility index (Phi) is 5.10. The van der Waals surface area contributed by atoms with Crippen molar-refractivity contribution in [2.75, 3.05) is 6.61 Å². The number of nitrogens with two attached hydrogens (primary N) is 1. The van der Waals surface area contributed by atoms with E-state index < -0.39 is 0 Å². The van der Waals surface area contributed by atoms with Crippen LogP contribution in [0.4, 0.5) is 0 Å². The number of hydrogen-bond acceptors (Lipinski definition) is 5.